The molecular weight excluding hydrogens is 606 g/mol. The van der Waals surface area contributed by atoms with Crippen LogP contribution in [0.5, 0.6) is 0 Å². The lowest BCUT2D eigenvalue weighted by Gasteiger charge is -2.32. The number of primary amides is 1. The van der Waals surface area contributed by atoms with E-state index in [0.29, 0.717) is 39.4 Å². The van der Waals surface area contributed by atoms with E-state index in [1.165, 1.54) is 33.1 Å². The molecule has 2 fully saturated rings. The summed E-state index contributed by atoms with van der Waals surface area (Å²) < 4.78 is 53.9. The molecule has 13 heteroatoms. The van der Waals surface area contributed by atoms with Crippen molar-refractivity contribution in [2.45, 2.75) is 64.1 Å². The summed E-state index contributed by atoms with van der Waals surface area (Å²) in [7, 11) is -0.612. The largest absolute Gasteiger partial charge is 0.755 e. The second-order valence-electron chi connectivity index (χ2n) is 12.3. The van der Waals surface area contributed by atoms with Crippen molar-refractivity contribution in [1.82, 2.24) is 9.61 Å². The Hall–Kier alpha value is -3.29. The smallest absolute Gasteiger partial charge is 0.496 e. The molecule has 2 N–H and O–H groups in total. The van der Waals surface area contributed by atoms with Gasteiger partial charge < -0.3 is 23.9 Å². The third-order valence-corrected chi connectivity index (χ3v) is 9.85. The minimum atomic E-state index is -2.61. The molecule has 230 valence electrons. The molecule has 1 saturated heterocycles. The molecule has 2 aliphatic rings. The van der Waals surface area contributed by atoms with Gasteiger partial charge in [-0.3, -0.25) is 9.00 Å². The molecule has 1 aliphatic heterocycles. The van der Waals surface area contributed by atoms with E-state index in [2.05, 4.69) is 5.10 Å². The zero-order valence-corrected chi connectivity index (χ0v) is 26.4. The Morgan fingerprint density at radius 2 is 1.82 bits per heavy atom. The van der Waals surface area contributed by atoms with Gasteiger partial charge in [0.05, 0.1) is 34.2 Å². The highest BCUT2D eigenvalue weighted by atomic mass is 35.5. The number of aromatic nitrogens is 2. The van der Waals surface area contributed by atoms with Crippen molar-refractivity contribution in [1.29, 1.82) is 0 Å². The van der Waals surface area contributed by atoms with Crippen molar-refractivity contribution in [3.63, 3.8) is 0 Å². The van der Waals surface area contributed by atoms with Crippen LogP contribution in [-0.4, -0.2) is 49.1 Å². The molecule has 1 unspecified atom stereocenters. The number of halogens is 2. The molecule has 44 heavy (non-hydrogen) atoms. The summed E-state index contributed by atoms with van der Waals surface area (Å²) in [5.41, 5.74) is 9.04. The first kappa shape index (κ1) is 30.7. The molecular formula is C31H32BClFN4O5S-. The first-order valence-corrected chi connectivity index (χ1v) is 15.8. The van der Waals surface area contributed by atoms with Gasteiger partial charge >= 0.3 is 7.12 Å². The van der Waals surface area contributed by atoms with Gasteiger partial charge in [-0.2, -0.15) is 5.10 Å². The van der Waals surface area contributed by atoms with Crippen LogP contribution in [0.3, 0.4) is 0 Å². The van der Waals surface area contributed by atoms with Crippen LogP contribution in [0.25, 0.3) is 16.8 Å². The van der Waals surface area contributed by atoms with Gasteiger partial charge in [-0.15, -0.1) is 0 Å². The Bertz CT molecular complexity index is 1780. The van der Waals surface area contributed by atoms with Crippen LogP contribution in [0.4, 0.5) is 10.1 Å². The molecule has 1 atom stereocenters. The zero-order valence-electron chi connectivity index (χ0n) is 24.8. The predicted molar refractivity (Wildman–Crippen MR) is 168 cm³/mol. The lowest BCUT2D eigenvalue weighted by molar-refractivity contribution is 0.00578. The number of hydrogen-bond donors (Lipinski definition) is 1. The first-order valence-electron chi connectivity index (χ1n) is 14.4. The van der Waals surface area contributed by atoms with Crippen molar-refractivity contribution in [3.8, 4) is 11.3 Å². The summed E-state index contributed by atoms with van der Waals surface area (Å²) >= 11 is 4.06. The van der Waals surface area contributed by atoms with Crippen molar-refractivity contribution in [3.05, 3.63) is 82.3 Å². The summed E-state index contributed by atoms with van der Waals surface area (Å²) in [5, 5.41) is 5.05. The molecule has 0 bridgehead atoms. The van der Waals surface area contributed by atoms with E-state index in [1.54, 1.807) is 18.3 Å². The highest BCUT2D eigenvalue weighted by molar-refractivity contribution is 7.80. The molecule has 9 nitrogen and oxygen atoms in total. The number of carbonyl (C=O) groups is 1. The quantitative estimate of drug-likeness (QED) is 0.206. The molecule has 2 aromatic carbocycles. The average Bonchev–Trinajstić information content (AvgIpc) is 3.67. The van der Waals surface area contributed by atoms with E-state index in [-0.39, 0.29) is 18.0 Å². The summed E-state index contributed by atoms with van der Waals surface area (Å²) in [6.45, 7) is 8.04. The van der Waals surface area contributed by atoms with E-state index >= 15 is 0 Å². The Kier molecular flexibility index (Phi) is 7.86. The predicted octanol–water partition coefficient (Wildman–Crippen LogP) is 4.91. The van der Waals surface area contributed by atoms with Crippen LogP contribution in [-0.2, 0) is 27.0 Å². The van der Waals surface area contributed by atoms with Crippen LogP contribution in [0.2, 0.25) is 5.02 Å². The topological polar surface area (TPSA) is 122 Å². The highest BCUT2D eigenvalue weighted by Crippen LogP contribution is 2.46. The maximum absolute atomic E-state index is 13.6. The zero-order chi connectivity index (χ0) is 31.6. The number of fused-ring (bicyclic) bond motifs is 1. The number of rotatable bonds is 9. The standard InChI is InChI=1S/C31H33BClFN4O5S/c1-30(2)31(3,4)43-32(42-30)23-12-5-18(15-24(23)33)13-14-38(44(40)41)26-17-37-25(16-22(26)19-6-7-19)27(29(35)39)28(36-37)20-8-10-21(34)11-9-20/h5,8-12,15-17,19H,6-7,13-14H2,1-4H3,(H2,35,39)(H,40,41)/p-1. The lowest BCUT2D eigenvalue weighted by Crippen LogP contribution is -2.41. The van der Waals surface area contributed by atoms with E-state index in [1.807, 2.05) is 39.8 Å². The van der Waals surface area contributed by atoms with E-state index in [9.17, 15) is 17.9 Å². The van der Waals surface area contributed by atoms with Crippen molar-refractivity contribution >= 4 is 52.6 Å². The third kappa shape index (κ3) is 5.65. The molecule has 2 aromatic heterocycles. The van der Waals surface area contributed by atoms with Crippen LogP contribution in [0.15, 0.2) is 54.7 Å². The summed E-state index contributed by atoms with van der Waals surface area (Å²) in [5.74, 6) is -0.965. The Morgan fingerprint density at radius 3 is 2.39 bits per heavy atom. The fraction of sp³-hybridized carbons (Fsp3) is 0.355. The minimum Gasteiger partial charge on any atom is -0.755 e. The van der Waals surface area contributed by atoms with Gasteiger partial charge in [-0.25, -0.2) is 8.91 Å². The minimum absolute atomic E-state index is 0.139. The van der Waals surface area contributed by atoms with Crippen molar-refractivity contribution in [2.75, 3.05) is 10.8 Å². The van der Waals surface area contributed by atoms with Crippen LogP contribution in [0.1, 0.15) is 67.9 Å². The number of carbonyl (C=O) groups excluding carboxylic acids is 1. The maximum atomic E-state index is 13.6. The summed E-state index contributed by atoms with van der Waals surface area (Å²) in [6, 6.07) is 13.0. The number of nitrogens with two attached hydrogens (primary N) is 1. The lowest BCUT2D eigenvalue weighted by atomic mass is 9.78. The van der Waals surface area contributed by atoms with Gasteiger partial charge in [0.2, 0.25) is 0 Å². The number of nitrogens with zero attached hydrogens (tertiary/aromatic N) is 3. The van der Waals surface area contributed by atoms with Gasteiger partial charge in [-0.1, -0.05) is 23.7 Å². The number of amides is 1. The monoisotopic (exact) mass is 637 g/mol. The molecule has 6 rings (SSSR count). The number of benzene rings is 2. The fourth-order valence-corrected chi connectivity index (χ4v) is 6.32. The van der Waals surface area contributed by atoms with Crippen molar-refractivity contribution < 1.29 is 27.3 Å². The highest BCUT2D eigenvalue weighted by Gasteiger charge is 2.52. The Morgan fingerprint density at radius 1 is 1.16 bits per heavy atom. The molecule has 3 heterocycles. The second kappa shape index (κ2) is 11.3. The van der Waals surface area contributed by atoms with Crippen LogP contribution in [0, 0.1) is 5.82 Å². The molecule has 0 spiro atoms. The van der Waals surface area contributed by atoms with Gasteiger partial charge in [0.15, 0.2) is 0 Å². The molecule has 4 aromatic rings. The Balaban J connectivity index is 1.31. The SMILES string of the molecule is CC1(C)OB(c2ccc(CCN(c3cn4nc(-c5ccc(F)cc5)c(C(N)=O)c4cc3C3CC3)S(=O)[O-])cc2Cl)OC1(C)C. The van der Waals surface area contributed by atoms with Gasteiger partial charge in [-0.05, 0) is 100 Å². The molecule has 1 amide bonds. The summed E-state index contributed by atoms with van der Waals surface area (Å²) in [4.78, 5) is 12.6. The molecule has 1 aliphatic carbocycles. The normalized spacial score (nSPS) is 18.1. The fourth-order valence-electron chi connectivity index (χ4n) is 5.47. The Labute approximate surface area is 263 Å². The molecule has 1 saturated carbocycles. The van der Waals surface area contributed by atoms with Crippen LogP contribution < -0.4 is 15.5 Å². The summed E-state index contributed by atoms with van der Waals surface area (Å²) in [6.07, 6.45) is 3.78. The van der Waals surface area contributed by atoms with Crippen molar-refractivity contribution in [2.24, 2.45) is 5.73 Å². The maximum Gasteiger partial charge on any atom is 0.496 e. The van der Waals surface area contributed by atoms with Crippen LogP contribution >= 0.6 is 11.6 Å². The average molecular weight is 638 g/mol. The number of hydrogen-bond acceptors (Lipinski definition) is 6. The first-order chi connectivity index (χ1) is 20.8. The van der Waals surface area contributed by atoms with Gasteiger partial charge in [0.1, 0.15) is 11.5 Å². The van der Waals surface area contributed by atoms with E-state index in [4.69, 9.17) is 26.6 Å². The second-order valence-corrected chi connectivity index (χ2v) is 13.6. The number of pyridine rings is 1. The van der Waals surface area contributed by atoms with Gasteiger partial charge in [0.25, 0.3) is 5.91 Å². The third-order valence-electron chi connectivity index (χ3n) is 8.79. The van der Waals surface area contributed by atoms with E-state index < -0.39 is 41.3 Å². The van der Waals surface area contributed by atoms with Gasteiger partial charge in [0, 0.05) is 33.9 Å². The number of anilines is 1. The van der Waals surface area contributed by atoms with E-state index in [0.717, 1.165) is 24.0 Å². The molecule has 0 radical (unpaired) electrons.